The highest BCUT2D eigenvalue weighted by Crippen LogP contribution is 2.35. The van der Waals surface area contributed by atoms with E-state index in [1.54, 1.807) is 0 Å². The summed E-state index contributed by atoms with van der Waals surface area (Å²) < 4.78 is 0. The lowest BCUT2D eigenvalue weighted by atomic mass is 9.73. The van der Waals surface area contributed by atoms with E-state index in [2.05, 4.69) is 17.6 Å². The average molecular weight is 268 g/mol. The summed E-state index contributed by atoms with van der Waals surface area (Å²) in [6.07, 6.45) is 6.71. The zero-order chi connectivity index (χ0) is 13.7. The van der Waals surface area contributed by atoms with Gasteiger partial charge in [-0.2, -0.15) is 0 Å². The van der Waals surface area contributed by atoms with Crippen LogP contribution in [0.4, 0.5) is 0 Å². The number of rotatable bonds is 5. The monoisotopic (exact) mass is 268 g/mol. The maximum Gasteiger partial charge on any atom is 0.220 e. The van der Waals surface area contributed by atoms with Gasteiger partial charge in [-0.15, -0.1) is 0 Å². The molecule has 0 aromatic heterocycles. The van der Waals surface area contributed by atoms with Crippen LogP contribution in [0, 0.1) is 11.3 Å². The molecule has 2 fully saturated rings. The summed E-state index contributed by atoms with van der Waals surface area (Å²) in [4.78, 5) is 11.9. The van der Waals surface area contributed by atoms with Crippen molar-refractivity contribution in [3.63, 3.8) is 0 Å². The quantitative estimate of drug-likeness (QED) is 0.707. The largest absolute Gasteiger partial charge is 0.392 e. The molecule has 4 heteroatoms. The van der Waals surface area contributed by atoms with Crippen molar-refractivity contribution in [2.75, 3.05) is 19.6 Å². The van der Waals surface area contributed by atoms with Crippen molar-refractivity contribution in [1.29, 1.82) is 0 Å². The van der Waals surface area contributed by atoms with E-state index in [0.29, 0.717) is 18.9 Å². The Morgan fingerprint density at radius 2 is 2.26 bits per heavy atom. The van der Waals surface area contributed by atoms with Gasteiger partial charge in [-0.25, -0.2) is 0 Å². The molecular weight excluding hydrogens is 240 g/mol. The Morgan fingerprint density at radius 3 is 2.95 bits per heavy atom. The SMILES string of the molecule is CC1(CNC(=O)CCC2CCNC2)CCCCC1O. The van der Waals surface area contributed by atoms with E-state index in [1.165, 1.54) is 6.42 Å². The van der Waals surface area contributed by atoms with Gasteiger partial charge >= 0.3 is 0 Å². The topological polar surface area (TPSA) is 61.4 Å². The number of amides is 1. The van der Waals surface area contributed by atoms with E-state index < -0.39 is 0 Å². The molecule has 1 aliphatic heterocycles. The van der Waals surface area contributed by atoms with Gasteiger partial charge in [0.15, 0.2) is 0 Å². The summed E-state index contributed by atoms with van der Waals surface area (Å²) in [5.74, 6) is 0.813. The van der Waals surface area contributed by atoms with E-state index in [4.69, 9.17) is 0 Å². The third-order valence-corrected chi connectivity index (χ3v) is 4.91. The number of nitrogens with one attached hydrogen (secondary N) is 2. The Kier molecular flexibility index (Phi) is 5.22. The molecule has 3 unspecified atom stereocenters. The number of hydrogen-bond acceptors (Lipinski definition) is 3. The van der Waals surface area contributed by atoms with Gasteiger partial charge in [0.25, 0.3) is 0 Å². The van der Waals surface area contributed by atoms with E-state index in [0.717, 1.165) is 45.2 Å². The van der Waals surface area contributed by atoms with Crippen LogP contribution in [0.2, 0.25) is 0 Å². The summed E-state index contributed by atoms with van der Waals surface area (Å²) in [6, 6.07) is 0. The molecule has 19 heavy (non-hydrogen) atoms. The van der Waals surface area contributed by atoms with Crippen molar-refractivity contribution in [3.05, 3.63) is 0 Å². The minimum Gasteiger partial charge on any atom is -0.392 e. The van der Waals surface area contributed by atoms with Gasteiger partial charge in [0, 0.05) is 18.4 Å². The molecule has 0 spiro atoms. The smallest absolute Gasteiger partial charge is 0.220 e. The maximum absolute atomic E-state index is 11.9. The van der Waals surface area contributed by atoms with E-state index >= 15 is 0 Å². The zero-order valence-corrected chi connectivity index (χ0v) is 12.1. The van der Waals surface area contributed by atoms with Crippen LogP contribution in [0.1, 0.15) is 51.9 Å². The van der Waals surface area contributed by atoms with Crippen LogP contribution in [0.15, 0.2) is 0 Å². The standard InChI is InChI=1S/C15H28N2O2/c1-15(8-3-2-4-13(15)18)11-17-14(19)6-5-12-7-9-16-10-12/h12-13,16,18H,2-11H2,1H3,(H,17,19). The second-order valence-corrected chi connectivity index (χ2v) is 6.59. The van der Waals surface area contributed by atoms with Crippen molar-refractivity contribution in [1.82, 2.24) is 10.6 Å². The Balaban J connectivity index is 1.67. The lowest BCUT2D eigenvalue weighted by molar-refractivity contribution is -0.122. The summed E-state index contributed by atoms with van der Waals surface area (Å²) in [5.41, 5.74) is -0.122. The molecule has 0 bridgehead atoms. The molecule has 3 atom stereocenters. The highest BCUT2D eigenvalue weighted by Gasteiger charge is 2.35. The summed E-state index contributed by atoms with van der Waals surface area (Å²) in [6.45, 7) is 4.87. The minimum atomic E-state index is -0.263. The van der Waals surface area contributed by atoms with Gasteiger partial charge in [-0.05, 0) is 44.7 Å². The first-order valence-electron chi connectivity index (χ1n) is 7.76. The summed E-state index contributed by atoms with van der Waals surface area (Å²) >= 11 is 0. The van der Waals surface area contributed by atoms with Gasteiger partial charge in [-0.1, -0.05) is 19.8 Å². The normalized spacial score (nSPS) is 35.3. The molecule has 0 aromatic carbocycles. The van der Waals surface area contributed by atoms with Crippen LogP contribution in [0.5, 0.6) is 0 Å². The molecule has 0 radical (unpaired) electrons. The first-order valence-corrected chi connectivity index (χ1v) is 7.76. The molecule has 1 saturated heterocycles. The van der Waals surface area contributed by atoms with Crippen molar-refractivity contribution >= 4 is 5.91 Å². The Bertz CT molecular complexity index is 303. The van der Waals surface area contributed by atoms with E-state index in [-0.39, 0.29) is 17.4 Å². The van der Waals surface area contributed by atoms with Crippen LogP contribution in [0.25, 0.3) is 0 Å². The summed E-state index contributed by atoms with van der Waals surface area (Å²) in [7, 11) is 0. The Morgan fingerprint density at radius 1 is 1.42 bits per heavy atom. The number of carbonyl (C=O) groups is 1. The summed E-state index contributed by atoms with van der Waals surface area (Å²) in [5, 5.41) is 16.4. The molecule has 110 valence electrons. The number of aliphatic hydroxyl groups excluding tert-OH is 1. The predicted octanol–water partition coefficient (Wildman–Crippen LogP) is 1.43. The van der Waals surface area contributed by atoms with Crippen molar-refractivity contribution in [2.45, 2.75) is 58.0 Å². The lowest BCUT2D eigenvalue weighted by Crippen LogP contribution is -2.45. The second-order valence-electron chi connectivity index (χ2n) is 6.59. The zero-order valence-electron chi connectivity index (χ0n) is 12.1. The molecule has 2 rings (SSSR count). The molecule has 0 aromatic rings. The third-order valence-electron chi connectivity index (χ3n) is 4.91. The van der Waals surface area contributed by atoms with Crippen LogP contribution in [-0.4, -0.2) is 36.8 Å². The van der Waals surface area contributed by atoms with Crippen LogP contribution in [-0.2, 0) is 4.79 Å². The molecule has 1 heterocycles. The number of carbonyl (C=O) groups excluding carboxylic acids is 1. The molecular formula is C15H28N2O2. The van der Waals surface area contributed by atoms with E-state index in [9.17, 15) is 9.90 Å². The van der Waals surface area contributed by atoms with Crippen molar-refractivity contribution in [3.8, 4) is 0 Å². The Hall–Kier alpha value is -0.610. The molecule has 4 nitrogen and oxygen atoms in total. The minimum absolute atomic E-state index is 0.122. The molecule has 3 N–H and O–H groups in total. The average Bonchev–Trinajstić information content (AvgIpc) is 2.91. The Labute approximate surface area is 116 Å². The fourth-order valence-corrected chi connectivity index (χ4v) is 3.27. The molecule has 1 amide bonds. The van der Waals surface area contributed by atoms with Gasteiger partial charge < -0.3 is 15.7 Å². The third kappa shape index (κ3) is 4.18. The highest BCUT2D eigenvalue weighted by molar-refractivity contribution is 5.75. The second kappa shape index (κ2) is 6.71. The predicted molar refractivity (Wildman–Crippen MR) is 75.8 cm³/mol. The maximum atomic E-state index is 11.9. The first-order chi connectivity index (χ1) is 9.10. The van der Waals surface area contributed by atoms with Crippen LogP contribution in [0.3, 0.4) is 0 Å². The van der Waals surface area contributed by atoms with Gasteiger partial charge in [-0.3, -0.25) is 4.79 Å². The van der Waals surface area contributed by atoms with Crippen LogP contribution >= 0.6 is 0 Å². The first kappa shape index (κ1) is 14.8. The lowest BCUT2D eigenvalue weighted by Gasteiger charge is -2.38. The fourth-order valence-electron chi connectivity index (χ4n) is 3.27. The van der Waals surface area contributed by atoms with Gasteiger partial charge in [0.1, 0.15) is 0 Å². The fraction of sp³-hybridized carbons (Fsp3) is 0.933. The van der Waals surface area contributed by atoms with Crippen molar-refractivity contribution in [2.24, 2.45) is 11.3 Å². The van der Waals surface area contributed by atoms with Crippen LogP contribution < -0.4 is 10.6 Å². The molecule has 2 aliphatic rings. The van der Waals surface area contributed by atoms with Gasteiger partial charge in [0.05, 0.1) is 6.10 Å². The number of aliphatic hydroxyl groups is 1. The molecule has 1 aliphatic carbocycles. The van der Waals surface area contributed by atoms with Crippen molar-refractivity contribution < 1.29 is 9.90 Å². The number of hydrogen-bond donors (Lipinski definition) is 3. The highest BCUT2D eigenvalue weighted by atomic mass is 16.3. The van der Waals surface area contributed by atoms with Gasteiger partial charge in [0.2, 0.25) is 5.91 Å². The molecule has 1 saturated carbocycles. The van der Waals surface area contributed by atoms with E-state index in [1.807, 2.05) is 0 Å².